The van der Waals surface area contributed by atoms with Crippen molar-refractivity contribution < 1.29 is 5.11 Å². The first-order valence-corrected chi connectivity index (χ1v) is 3.89. The van der Waals surface area contributed by atoms with Crippen LogP contribution in [-0.4, -0.2) is 11.2 Å². The molecule has 0 amide bonds. The van der Waals surface area contributed by atoms with Crippen LogP contribution in [0.3, 0.4) is 0 Å². The van der Waals surface area contributed by atoms with Crippen molar-refractivity contribution in [2.24, 2.45) is 11.8 Å². The molecule has 0 atom stereocenters. The second kappa shape index (κ2) is 2.24. The molecular formula is C9H12O. The van der Waals surface area contributed by atoms with E-state index in [0.29, 0.717) is 0 Å². The van der Waals surface area contributed by atoms with Crippen LogP contribution in [0.4, 0.5) is 0 Å². The van der Waals surface area contributed by atoms with E-state index in [1.807, 2.05) is 12.2 Å². The number of aliphatic hydroxyl groups excluding tert-OH is 1. The van der Waals surface area contributed by atoms with Crippen LogP contribution >= 0.6 is 0 Å². The molecule has 3 rings (SSSR count). The lowest BCUT2D eigenvalue weighted by Gasteiger charge is -2.32. The number of hydrogen-bond donors (Lipinski definition) is 1. The van der Waals surface area contributed by atoms with Gasteiger partial charge in [-0.3, -0.25) is 0 Å². The fraction of sp³-hybridized carbons (Fsp3) is 0.556. The number of rotatable bonds is 0. The zero-order valence-corrected chi connectivity index (χ0v) is 5.90. The Morgan fingerprint density at radius 1 is 0.900 bits per heavy atom. The highest BCUT2D eigenvalue weighted by Gasteiger charge is 2.25. The number of hydrogen-bond acceptors (Lipinski definition) is 1. The fourth-order valence-corrected chi connectivity index (χ4v) is 1.63. The SMILES string of the molecule is OC1/C=C\C2CC(/C=C\1)C2. The van der Waals surface area contributed by atoms with E-state index in [-0.39, 0.29) is 6.10 Å². The first-order chi connectivity index (χ1) is 4.84. The van der Waals surface area contributed by atoms with Gasteiger partial charge in [-0.2, -0.15) is 0 Å². The zero-order chi connectivity index (χ0) is 6.97. The van der Waals surface area contributed by atoms with Gasteiger partial charge < -0.3 is 5.11 Å². The van der Waals surface area contributed by atoms with Gasteiger partial charge in [-0.05, 0) is 24.7 Å². The molecule has 2 bridgehead atoms. The van der Waals surface area contributed by atoms with Crippen LogP contribution in [0.2, 0.25) is 0 Å². The van der Waals surface area contributed by atoms with E-state index in [1.165, 1.54) is 12.8 Å². The lowest BCUT2D eigenvalue weighted by molar-refractivity contribution is 0.248. The Labute approximate surface area is 61.1 Å². The second-order valence-electron chi connectivity index (χ2n) is 3.25. The Balaban J connectivity index is 2.12. The Hall–Kier alpha value is -0.560. The van der Waals surface area contributed by atoms with Crippen molar-refractivity contribution in [3.8, 4) is 0 Å². The molecule has 0 unspecified atom stereocenters. The maximum atomic E-state index is 9.18. The molecule has 3 aliphatic carbocycles. The number of aliphatic hydroxyl groups is 1. The van der Waals surface area contributed by atoms with E-state index >= 15 is 0 Å². The summed E-state index contributed by atoms with van der Waals surface area (Å²) in [5.74, 6) is 1.51. The van der Waals surface area contributed by atoms with Crippen molar-refractivity contribution in [2.75, 3.05) is 0 Å². The van der Waals surface area contributed by atoms with Crippen LogP contribution in [0.5, 0.6) is 0 Å². The summed E-state index contributed by atoms with van der Waals surface area (Å²) < 4.78 is 0. The topological polar surface area (TPSA) is 20.2 Å². The molecule has 1 heteroatoms. The minimum absolute atomic E-state index is 0.328. The smallest absolute Gasteiger partial charge is 0.0902 e. The largest absolute Gasteiger partial charge is 0.385 e. The molecule has 10 heavy (non-hydrogen) atoms. The van der Waals surface area contributed by atoms with Crippen molar-refractivity contribution in [1.29, 1.82) is 0 Å². The Morgan fingerprint density at radius 2 is 1.40 bits per heavy atom. The summed E-state index contributed by atoms with van der Waals surface area (Å²) in [5, 5.41) is 9.18. The summed E-state index contributed by atoms with van der Waals surface area (Å²) in [6, 6.07) is 0. The monoisotopic (exact) mass is 136 g/mol. The molecule has 0 aromatic heterocycles. The highest BCUT2D eigenvalue weighted by atomic mass is 16.3. The van der Waals surface area contributed by atoms with Gasteiger partial charge in [0, 0.05) is 0 Å². The van der Waals surface area contributed by atoms with Gasteiger partial charge in [0.15, 0.2) is 0 Å². The van der Waals surface area contributed by atoms with Crippen LogP contribution in [0.25, 0.3) is 0 Å². The van der Waals surface area contributed by atoms with Crippen LogP contribution < -0.4 is 0 Å². The standard InChI is InChI=1S/C9H12O/c10-9-3-1-7-5-8(6-7)2-4-9/h1-4,7-10H,5-6H2/b3-1-,4-2-. The van der Waals surface area contributed by atoms with Crippen molar-refractivity contribution in [1.82, 2.24) is 0 Å². The predicted octanol–water partition coefficient (Wildman–Crippen LogP) is 1.50. The number of fused-ring (bicyclic) bond motifs is 2. The van der Waals surface area contributed by atoms with Gasteiger partial charge in [-0.25, -0.2) is 0 Å². The molecular weight excluding hydrogens is 124 g/mol. The van der Waals surface area contributed by atoms with Crippen LogP contribution in [0.1, 0.15) is 12.8 Å². The lowest BCUT2D eigenvalue weighted by atomic mass is 9.73. The summed E-state index contributed by atoms with van der Waals surface area (Å²) >= 11 is 0. The summed E-state index contributed by atoms with van der Waals surface area (Å²) in [6.45, 7) is 0. The molecule has 0 radical (unpaired) electrons. The van der Waals surface area contributed by atoms with Crippen molar-refractivity contribution in [3.63, 3.8) is 0 Å². The summed E-state index contributed by atoms with van der Waals surface area (Å²) in [7, 11) is 0. The molecule has 54 valence electrons. The Morgan fingerprint density at radius 3 is 1.90 bits per heavy atom. The van der Waals surface area contributed by atoms with Crippen LogP contribution in [-0.2, 0) is 0 Å². The molecule has 0 aromatic carbocycles. The third-order valence-corrected chi connectivity index (χ3v) is 2.37. The summed E-state index contributed by atoms with van der Waals surface area (Å²) in [6.07, 6.45) is 10.3. The quantitative estimate of drug-likeness (QED) is 0.500. The fourth-order valence-electron chi connectivity index (χ4n) is 1.63. The molecule has 0 aromatic rings. The molecule has 1 N–H and O–H groups in total. The van der Waals surface area contributed by atoms with E-state index in [1.54, 1.807) is 0 Å². The summed E-state index contributed by atoms with van der Waals surface area (Å²) in [4.78, 5) is 0. The van der Waals surface area contributed by atoms with Crippen molar-refractivity contribution >= 4 is 0 Å². The average molecular weight is 136 g/mol. The third kappa shape index (κ3) is 1.01. The Bertz CT molecular complexity index is 157. The van der Waals surface area contributed by atoms with Gasteiger partial charge in [0.1, 0.15) is 0 Å². The second-order valence-corrected chi connectivity index (χ2v) is 3.25. The number of allylic oxidation sites excluding steroid dienone is 2. The van der Waals surface area contributed by atoms with Gasteiger partial charge >= 0.3 is 0 Å². The van der Waals surface area contributed by atoms with E-state index in [9.17, 15) is 5.11 Å². The molecule has 0 saturated heterocycles. The highest BCUT2D eigenvalue weighted by molar-refractivity contribution is 5.12. The molecule has 0 heterocycles. The molecule has 1 nitrogen and oxygen atoms in total. The maximum Gasteiger partial charge on any atom is 0.0902 e. The van der Waals surface area contributed by atoms with Gasteiger partial charge in [0.05, 0.1) is 6.10 Å². The molecule has 0 spiro atoms. The van der Waals surface area contributed by atoms with Gasteiger partial charge in [-0.15, -0.1) is 0 Å². The van der Waals surface area contributed by atoms with Gasteiger partial charge in [0.2, 0.25) is 0 Å². The van der Waals surface area contributed by atoms with Gasteiger partial charge in [0.25, 0.3) is 0 Å². The normalized spacial score (nSPS) is 50.3. The van der Waals surface area contributed by atoms with Crippen LogP contribution in [0.15, 0.2) is 24.3 Å². The zero-order valence-electron chi connectivity index (χ0n) is 5.90. The van der Waals surface area contributed by atoms with Crippen LogP contribution in [0, 0.1) is 11.8 Å². The lowest BCUT2D eigenvalue weighted by Crippen LogP contribution is -2.22. The van der Waals surface area contributed by atoms with Gasteiger partial charge in [-0.1, -0.05) is 24.3 Å². The van der Waals surface area contributed by atoms with E-state index in [4.69, 9.17) is 0 Å². The summed E-state index contributed by atoms with van der Waals surface area (Å²) in [5.41, 5.74) is 0. The van der Waals surface area contributed by atoms with Crippen molar-refractivity contribution in [2.45, 2.75) is 18.9 Å². The first-order valence-electron chi connectivity index (χ1n) is 3.89. The Kier molecular flexibility index (Phi) is 1.38. The van der Waals surface area contributed by atoms with E-state index in [0.717, 1.165) is 11.8 Å². The minimum atomic E-state index is -0.328. The first kappa shape index (κ1) is 6.17. The molecule has 0 aliphatic heterocycles. The minimum Gasteiger partial charge on any atom is -0.385 e. The van der Waals surface area contributed by atoms with Crippen molar-refractivity contribution in [3.05, 3.63) is 24.3 Å². The molecule has 1 fully saturated rings. The predicted molar refractivity (Wildman–Crippen MR) is 40.5 cm³/mol. The third-order valence-electron chi connectivity index (χ3n) is 2.37. The average Bonchev–Trinajstić information content (AvgIpc) is 1.75. The van der Waals surface area contributed by atoms with E-state index < -0.39 is 0 Å². The molecule has 3 aliphatic rings. The van der Waals surface area contributed by atoms with E-state index in [2.05, 4.69) is 12.2 Å². The highest BCUT2D eigenvalue weighted by Crippen LogP contribution is 2.36. The maximum absolute atomic E-state index is 9.18. The molecule has 1 saturated carbocycles.